The van der Waals surface area contributed by atoms with Crippen molar-refractivity contribution in [1.82, 2.24) is 0 Å². The zero-order valence-corrected chi connectivity index (χ0v) is 7.37. The van der Waals surface area contributed by atoms with E-state index in [4.69, 9.17) is 10.00 Å². The fourth-order valence-electron chi connectivity index (χ4n) is 0.859. The lowest BCUT2D eigenvalue weighted by molar-refractivity contribution is -0.120. The van der Waals surface area contributed by atoms with Crippen molar-refractivity contribution in [2.45, 2.75) is 6.42 Å². The molecule has 0 saturated carbocycles. The smallest absolute Gasteiger partial charge is 0.184 e. The summed E-state index contributed by atoms with van der Waals surface area (Å²) in [5.74, 6) is -0.855. The van der Waals surface area contributed by atoms with E-state index in [9.17, 15) is 9.18 Å². The zero-order valence-electron chi connectivity index (χ0n) is 7.37. The summed E-state index contributed by atoms with van der Waals surface area (Å²) in [4.78, 5) is 10.9. The van der Waals surface area contributed by atoms with Gasteiger partial charge in [0.2, 0.25) is 0 Å². The second-order valence-electron chi connectivity index (χ2n) is 2.59. The Hall–Kier alpha value is -1.89. The molecule has 0 aliphatic carbocycles. The van der Waals surface area contributed by atoms with Crippen molar-refractivity contribution < 1.29 is 13.9 Å². The van der Waals surface area contributed by atoms with Crippen LogP contribution in [-0.2, 0) is 4.79 Å². The van der Waals surface area contributed by atoms with Crippen LogP contribution >= 0.6 is 0 Å². The number of carbonyl (C=O) groups is 1. The third-order valence-corrected chi connectivity index (χ3v) is 1.50. The van der Waals surface area contributed by atoms with Crippen molar-refractivity contribution in [2.24, 2.45) is 0 Å². The first-order valence-electron chi connectivity index (χ1n) is 4.00. The van der Waals surface area contributed by atoms with Gasteiger partial charge in [0.1, 0.15) is 6.61 Å². The summed E-state index contributed by atoms with van der Waals surface area (Å²) in [5, 5.41) is 8.19. The Labute approximate surface area is 80.7 Å². The zero-order chi connectivity index (χ0) is 10.4. The number of hydrogen-bond acceptors (Lipinski definition) is 3. The first kappa shape index (κ1) is 10.2. The van der Waals surface area contributed by atoms with Crippen molar-refractivity contribution in [3.05, 3.63) is 30.1 Å². The number of para-hydroxylation sites is 1. The number of halogens is 1. The van der Waals surface area contributed by atoms with Gasteiger partial charge in [-0.1, -0.05) is 12.1 Å². The summed E-state index contributed by atoms with van der Waals surface area (Å²) in [6.07, 6.45) is -0.214. The molecular formula is C10H8FNO2. The largest absolute Gasteiger partial charge is 0.483 e. The van der Waals surface area contributed by atoms with Crippen LogP contribution < -0.4 is 4.74 Å². The number of rotatable bonds is 4. The van der Waals surface area contributed by atoms with Gasteiger partial charge >= 0.3 is 0 Å². The van der Waals surface area contributed by atoms with Crippen LogP contribution in [0.2, 0.25) is 0 Å². The third kappa shape index (κ3) is 2.87. The molecule has 0 spiro atoms. The van der Waals surface area contributed by atoms with Gasteiger partial charge in [-0.2, -0.15) is 5.26 Å². The summed E-state index contributed by atoms with van der Waals surface area (Å²) in [6, 6.07) is 7.49. The molecule has 0 unspecified atom stereocenters. The number of nitrogens with zero attached hydrogens (tertiary/aromatic N) is 1. The molecule has 0 heterocycles. The van der Waals surface area contributed by atoms with Crippen molar-refractivity contribution in [2.75, 3.05) is 6.61 Å². The highest BCUT2D eigenvalue weighted by atomic mass is 19.1. The maximum absolute atomic E-state index is 12.9. The van der Waals surface area contributed by atoms with Crippen LogP contribution in [-0.4, -0.2) is 12.4 Å². The van der Waals surface area contributed by atoms with Gasteiger partial charge in [0.15, 0.2) is 17.3 Å². The summed E-state index contributed by atoms with van der Waals surface area (Å²) in [7, 11) is 0. The summed E-state index contributed by atoms with van der Waals surface area (Å²) < 4.78 is 17.8. The monoisotopic (exact) mass is 193 g/mol. The SMILES string of the molecule is N#CCC(=O)COc1ccccc1F. The van der Waals surface area contributed by atoms with Crippen LogP contribution in [0.25, 0.3) is 0 Å². The van der Waals surface area contributed by atoms with Crippen LogP contribution in [0.5, 0.6) is 5.75 Å². The first-order valence-corrected chi connectivity index (χ1v) is 4.00. The molecule has 72 valence electrons. The molecule has 0 aromatic heterocycles. The summed E-state index contributed by atoms with van der Waals surface area (Å²) in [5.41, 5.74) is 0. The minimum atomic E-state index is -0.516. The molecule has 1 rings (SSSR count). The van der Waals surface area contributed by atoms with Gasteiger partial charge in [-0.25, -0.2) is 4.39 Å². The van der Waals surface area contributed by atoms with Crippen molar-refractivity contribution >= 4 is 5.78 Å². The molecule has 14 heavy (non-hydrogen) atoms. The van der Waals surface area contributed by atoms with E-state index in [0.29, 0.717) is 0 Å². The third-order valence-electron chi connectivity index (χ3n) is 1.50. The number of ketones is 1. The molecule has 4 heteroatoms. The predicted molar refractivity (Wildman–Crippen MR) is 47.1 cm³/mol. The molecule has 0 radical (unpaired) electrons. The minimum Gasteiger partial charge on any atom is -0.483 e. The van der Waals surface area contributed by atoms with E-state index >= 15 is 0 Å². The number of nitriles is 1. The normalized spacial score (nSPS) is 9.14. The van der Waals surface area contributed by atoms with E-state index in [-0.39, 0.29) is 24.6 Å². The van der Waals surface area contributed by atoms with E-state index in [1.165, 1.54) is 18.2 Å². The maximum atomic E-state index is 12.9. The first-order chi connectivity index (χ1) is 6.74. The average Bonchev–Trinajstić information content (AvgIpc) is 2.17. The molecule has 0 aliphatic rings. The molecule has 3 nitrogen and oxygen atoms in total. The Morgan fingerprint density at radius 1 is 1.50 bits per heavy atom. The van der Waals surface area contributed by atoms with Crippen LogP contribution in [0.3, 0.4) is 0 Å². The number of Topliss-reactive ketones (excluding diaryl/α,β-unsaturated/α-hetero) is 1. The van der Waals surface area contributed by atoms with Gasteiger partial charge in [-0.3, -0.25) is 4.79 Å². The summed E-state index contributed by atoms with van der Waals surface area (Å²) >= 11 is 0. The maximum Gasteiger partial charge on any atom is 0.184 e. The van der Waals surface area contributed by atoms with Gasteiger partial charge in [0.25, 0.3) is 0 Å². The van der Waals surface area contributed by atoms with Gasteiger partial charge in [0.05, 0.1) is 12.5 Å². The van der Waals surface area contributed by atoms with E-state index in [1.54, 1.807) is 12.1 Å². The van der Waals surface area contributed by atoms with E-state index in [0.717, 1.165) is 0 Å². The van der Waals surface area contributed by atoms with Crippen molar-refractivity contribution in [1.29, 1.82) is 5.26 Å². The summed E-state index contributed by atoms with van der Waals surface area (Å²) in [6.45, 7) is -0.269. The lowest BCUT2D eigenvalue weighted by atomic mass is 10.3. The number of hydrogen-bond donors (Lipinski definition) is 0. The fraction of sp³-hybridized carbons (Fsp3) is 0.200. The van der Waals surface area contributed by atoms with E-state index < -0.39 is 5.82 Å². The fourth-order valence-corrected chi connectivity index (χ4v) is 0.859. The van der Waals surface area contributed by atoms with Crippen LogP contribution in [0.15, 0.2) is 24.3 Å². The number of ether oxygens (including phenoxy) is 1. The number of carbonyl (C=O) groups excluding carboxylic acids is 1. The molecule has 0 saturated heterocycles. The highest BCUT2D eigenvalue weighted by Gasteiger charge is 2.05. The van der Waals surface area contributed by atoms with Gasteiger partial charge in [-0.15, -0.1) is 0 Å². The lowest BCUT2D eigenvalue weighted by Gasteiger charge is -2.04. The molecule has 0 fully saturated rings. The Kier molecular flexibility index (Phi) is 3.62. The van der Waals surface area contributed by atoms with Crippen molar-refractivity contribution in [3.63, 3.8) is 0 Å². The minimum absolute atomic E-state index is 0.0267. The Balaban J connectivity index is 2.51. The topological polar surface area (TPSA) is 50.1 Å². The highest BCUT2D eigenvalue weighted by Crippen LogP contribution is 2.14. The predicted octanol–water partition coefficient (Wildman–Crippen LogP) is 1.69. The lowest BCUT2D eigenvalue weighted by Crippen LogP contribution is -2.10. The Morgan fingerprint density at radius 3 is 2.86 bits per heavy atom. The standard InChI is InChI=1S/C10H8FNO2/c11-9-3-1-2-4-10(9)14-7-8(13)5-6-12/h1-4H,5,7H2. The van der Waals surface area contributed by atoms with Gasteiger partial charge in [0, 0.05) is 0 Å². The molecular weight excluding hydrogens is 185 g/mol. The van der Waals surface area contributed by atoms with Crippen molar-refractivity contribution in [3.8, 4) is 11.8 Å². The van der Waals surface area contributed by atoms with Gasteiger partial charge in [-0.05, 0) is 12.1 Å². The molecule has 0 N–H and O–H groups in total. The Morgan fingerprint density at radius 2 is 2.21 bits per heavy atom. The Bertz CT molecular complexity index is 371. The second kappa shape index (κ2) is 4.97. The van der Waals surface area contributed by atoms with Crippen LogP contribution in [0.4, 0.5) is 4.39 Å². The van der Waals surface area contributed by atoms with E-state index in [1.807, 2.05) is 0 Å². The molecule has 0 atom stereocenters. The highest BCUT2D eigenvalue weighted by molar-refractivity contribution is 5.81. The van der Waals surface area contributed by atoms with E-state index in [2.05, 4.69) is 0 Å². The van der Waals surface area contributed by atoms with Crippen LogP contribution in [0.1, 0.15) is 6.42 Å². The van der Waals surface area contributed by atoms with Crippen LogP contribution in [0, 0.1) is 17.1 Å². The molecule has 1 aromatic carbocycles. The molecule has 0 bridgehead atoms. The second-order valence-corrected chi connectivity index (χ2v) is 2.59. The molecule has 0 aliphatic heterocycles. The number of benzene rings is 1. The molecule has 0 amide bonds. The average molecular weight is 193 g/mol. The van der Waals surface area contributed by atoms with Gasteiger partial charge < -0.3 is 4.74 Å². The molecule has 1 aromatic rings. The quantitative estimate of drug-likeness (QED) is 0.731.